The van der Waals surface area contributed by atoms with Gasteiger partial charge in [-0.1, -0.05) is 6.92 Å². The van der Waals surface area contributed by atoms with Crippen molar-refractivity contribution >= 4 is 11.8 Å². The molecule has 0 atom stereocenters. The van der Waals surface area contributed by atoms with Crippen molar-refractivity contribution in [2.45, 2.75) is 26.4 Å². The molecule has 25 heavy (non-hydrogen) atoms. The van der Waals surface area contributed by atoms with E-state index in [1.165, 1.54) is 0 Å². The van der Waals surface area contributed by atoms with Gasteiger partial charge in [0.05, 0.1) is 25.4 Å². The molecule has 0 saturated heterocycles. The van der Waals surface area contributed by atoms with E-state index in [4.69, 9.17) is 9.94 Å². The van der Waals surface area contributed by atoms with E-state index in [2.05, 4.69) is 5.10 Å². The molecule has 1 aliphatic rings. The average molecular weight is 344 g/mol. The van der Waals surface area contributed by atoms with E-state index in [9.17, 15) is 9.59 Å². The first-order chi connectivity index (χ1) is 12.1. The molecule has 0 bridgehead atoms. The Morgan fingerprint density at radius 1 is 1.28 bits per heavy atom. The van der Waals surface area contributed by atoms with Crippen molar-refractivity contribution in [1.82, 2.24) is 20.2 Å². The summed E-state index contributed by atoms with van der Waals surface area (Å²) < 4.78 is 7.20. The lowest BCUT2D eigenvalue weighted by Gasteiger charge is -2.27. The van der Waals surface area contributed by atoms with Gasteiger partial charge in [-0.15, -0.1) is 0 Å². The van der Waals surface area contributed by atoms with Gasteiger partial charge in [-0.3, -0.25) is 19.5 Å². The van der Waals surface area contributed by atoms with Crippen LogP contribution in [0.2, 0.25) is 0 Å². The van der Waals surface area contributed by atoms with Gasteiger partial charge in [0.2, 0.25) is 0 Å². The number of hydrogen-bond donors (Lipinski definition) is 2. The van der Waals surface area contributed by atoms with Crippen molar-refractivity contribution in [2.75, 3.05) is 13.2 Å². The zero-order valence-corrected chi connectivity index (χ0v) is 13.9. The standard InChI is InChI=1S/C17H20N4O4/c1-2-9-25-14-5-3-12(4-6-14)17(23)20-7-8-21-13(11-20)10-15(18-21)16(22)19-24/h3-6,10,24H,2,7-9,11H2,1H3,(H,19,22). The molecular weight excluding hydrogens is 324 g/mol. The highest BCUT2D eigenvalue weighted by atomic mass is 16.5. The Hall–Kier alpha value is -2.87. The van der Waals surface area contributed by atoms with Crippen LogP contribution < -0.4 is 10.2 Å². The highest BCUT2D eigenvalue weighted by molar-refractivity contribution is 5.94. The smallest absolute Gasteiger partial charge is 0.295 e. The number of rotatable bonds is 5. The number of amides is 2. The van der Waals surface area contributed by atoms with Gasteiger partial charge >= 0.3 is 0 Å². The van der Waals surface area contributed by atoms with Gasteiger partial charge in [0.1, 0.15) is 5.75 Å². The Kier molecular flexibility index (Phi) is 4.99. The second kappa shape index (κ2) is 7.35. The predicted octanol–water partition coefficient (Wildman–Crippen LogP) is 1.45. The van der Waals surface area contributed by atoms with E-state index in [-0.39, 0.29) is 11.6 Å². The van der Waals surface area contributed by atoms with Gasteiger partial charge in [0.15, 0.2) is 5.69 Å². The normalized spacial score (nSPS) is 13.3. The maximum Gasteiger partial charge on any atom is 0.295 e. The average Bonchev–Trinajstić information content (AvgIpc) is 3.08. The first-order valence-corrected chi connectivity index (χ1v) is 8.15. The van der Waals surface area contributed by atoms with Gasteiger partial charge in [-0.25, -0.2) is 5.48 Å². The number of carbonyl (C=O) groups is 2. The molecule has 1 aromatic heterocycles. The fourth-order valence-electron chi connectivity index (χ4n) is 2.70. The molecule has 1 aromatic carbocycles. The number of fused-ring (bicyclic) bond motifs is 1. The van der Waals surface area contributed by atoms with E-state index < -0.39 is 5.91 Å². The molecule has 3 rings (SSSR count). The Morgan fingerprint density at radius 2 is 2.04 bits per heavy atom. The van der Waals surface area contributed by atoms with Crippen LogP contribution in [0.15, 0.2) is 30.3 Å². The summed E-state index contributed by atoms with van der Waals surface area (Å²) in [7, 11) is 0. The molecule has 8 nitrogen and oxygen atoms in total. The second-order valence-corrected chi connectivity index (χ2v) is 5.78. The molecule has 0 unspecified atom stereocenters. The van der Waals surface area contributed by atoms with E-state index in [1.807, 2.05) is 6.92 Å². The predicted molar refractivity (Wildman–Crippen MR) is 88.4 cm³/mol. The SMILES string of the molecule is CCCOc1ccc(C(=O)N2CCn3nc(C(=O)NO)cc3C2)cc1. The molecule has 0 radical (unpaired) electrons. The molecule has 2 N–H and O–H groups in total. The number of ether oxygens (including phenoxy) is 1. The molecule has 0 spiro atoms. The zero-order chi connectivity index (χ0) is 17.8. The zero-order valence-electron chi connectivity index (χ0n) is 13.9. The summed E-state index contributed by atoms with van der Waals surface area (Å²) in [6.45, 7) is 4.04. The first kappa shape index (κ1) is 17.0. The molecule has 0 saturated carbocycles. The van der Waals surface area contributed by atoms with Crippen LogP contribution in [-0.4, -0.2) is 44.9 Å². The Morgan fingerprint density at radius 3 is 2.72 bits per heavy atom. The van der Waals surface area contributed by atoms with Gasteiger partial charge in [-0.2, -0.15) is 5.10 Å². The lowest BCUT2D eigenvalue weighted by Crippen LogP contribution is -2.38. The lowest BCUT2D eigenvalue weighted by molar-refractivity contribution is 0.0690. The van der Waals surface area contributed by atoms with Crippen molar-refractivity contribution in [3.63, 3.8) is 0 Å². The number of hydroxylamine groups is 1. The molecule has 0 aliphatic carbocycles. The van der Waals surface area contributed by atoms with Gasteiger partial charge in [-0.05, 0) is 36.8 Å². The van der Waals surface area contributed by atoms with Crippen molar-refractivity contribution in [1.29, 1.82) is 0 Å². The van der Waals surface area contributed by atoms with Crippen molar-refractivity contribution < 1.29 is 19.5 Å². The number of hydrogen-bond acceptors (Lipinski definition) is 5. The summed E-state index contributed by atoms with van der Waals surface area (Å²) in [5.74, 6) is -0.000117. The van der Waals surface area contributed by atoms with E-state index in [1.54, 1.807) is 45.4 Å². The molecule has 1 aliphatic heterocycles. The van der Waals surface area contributed by atoms with Crippen LogP contribution in [0.25, 0.3) is 0 Å². The first-order valence-electron chi connectivity index (χ1n) is 8.15. The monoisotopic (exact) mass is 344 g/mol. The Labute approximate surface area is 145 Å². The Balaban J connectivity index is 1.69. The quantitative estimate of drug-likeness (QED) is 0.632. The minimum Gasteiger partial charge on any atom is -0.494 e. The molecule has 0 fully saturated rings. The second-order valence-electron chi connectivity index (χ2n) is 5.78. The highest BCUT2D eigenvalue weighted by Crippen LogP contribution is 2.18. The van der Waals surface area contributed by atoms with Crippen molar-refractivity contribution in [3.8, 4) is 5.75 Å². The third kappa shape index (κ3) is 3.63. The third-order valence-corrected chi connectivity index (χ3v) is 3.99. The van der Waals surface area contributed by atoms with E-state index >= 15 is 0 Å². The Bertz CT molecular complexity index is 769. The van der Waals surface area contributed by atoms with Crippen molar-refractivity contribution in [3.05, 3.63) is 47.3 Å². The van der Waals surface area contributed by atoms with E-state index in [0.717, 1.165) is 17.9 Å². The fraction of sp³-hybridized carbons (Fsp3) is 0.353. The van der Waals surface area contributed by atoms with Crippen LogP contribution in [0, 0.1) is 0 Å². The number of benzene rings is 1. The van der Waals surface area contributed by atoms with Crippen LogP contribution >= 0.6 is 0 Å². The minimum atomic E-state index is -0.664. The van der Waals surface area contributed by atoms with Crippen LogP contribution in [0.4, 0.5) is 0 Å². The molecule has 2 heterocycles. The van der Waals surface area contributed by atoms with Gasteiger partial charge in [0.25, 0.3) is 11.8 Å². The molecule has 2 amide bonds. The van der Waals surface area contributed by atoms with Crippen LogP contribution in [0.5, 0.6) is 5.75 Å². The van der Waals surface area contributed by atoms with Crippen LogP contribution in [-0.2, 0) is 13.1 Å². The van der Waals surface area contributed by atoms with Gasteiger partial charge in [0, 0.05) is 12.1 Å². The maximum absolute atomic E-state index is 12.7. The van der Waals surface area contributed by atoms with Crippen LogP contribution in [0.3, 0.4) is 0 Å². The summed E-state index contributed by atoms with van der Waals surface area (Å²) >= 11 is 0. The molecule has 8 heteroatoms. The third-order valence-electron chi connectivity index (χ3n) is 3.99. The van der Waals surface area contributed by atoms with Crippen molar-refractivity contribution in [2.24, 2.45) is 0 Å². The summed E-state index contributed by atoms with van der Waals surface area (Å²) in [6, 6.07) is 8.67. The maximum atomic E-state index is 12.7. The summed E-state index contributed by atoms with van der Waals surface area (Å²) in [4.78, 5) is 25.8. The molecule has 132 valence electrons. The summed E-state index contributed by atoms with van der Waals surface area (Å²) in [6.07, 6.45) is 0.929. The van der Waals surface area contributed by atoms with Crippen LogP contribution in [0.1, 0.15) is 39.9 Å². The lowest BCUT2D eigenvalue weighted by atomic mass is 10.1. The summed E-state index contributed by atoms with van der Waals surface area (Å²) in [5, 5.41) is 12.8. The molecular formula is C17H20N4O4. The highest BCUT2D eigenvalue weighted by Gasteiger charge is 2.24. The number of nitrogens with one attached hydrogen (secondary N) is 1. The van der Waals surface area contributed by atoms with E-state index in [0.29, 0.717) is 31.8 Å². The fourth-order valence-corrected chi connectivity index (χ4v) is 2.70. The minimum absolute atomic E-state index is 0.0809. The number of aromatic nitrogens is 2. The summed E-state index contributed by atoms with van der Waals surface area (Å²) in [5.41, 5.74) is 3.03. The number of nitrogens with zero attached hydrogens (tertiary/aromatic N) is 3. The van der Waals surface area contributed by atoms with Gasteiger partial charge < -0.3 is 9.64 Å². The molecule has 2 aromatic rings. The largest absolute Gasteiger partial charge is 0.494 e. The number of carbonyl (C=O) groups excluding carboxylic acids is 2. The topological polar surface area (TPSA) is 96.7 Å².